The van der Waals surface area contributed by atoms with Crippen molar-refractivity contribution in [3.63, 3.8) is 0 Å². The minimum absolute atomic E-state index is 0.168. The van der Waals surface area contributed by atoms with Crippen molar-refractivity contribution in [1.29, 1.82) is 0 Å². The normalized spacial score (nSPS) is 10.7. The first-order valence-electron chi connectivity index (χ1n) is 6.16. The van der Waals surface area contributed by atoms with Gasteiger partial charge in [-0.1, -0.05) is 11.3 Å². The molecule has 1 heterocycles. The molecule has 1 amide bonds. The van der Waals surface area contributed by atoms with Crippen molar-refractivity contribution in [2.75, 3.05) is 16.4 Å². The third-order valence-electron chi connectivity index (χ3n) is 2.45. The molecule has 2 aromatic rings. The van der Waals surface area contributed by atoms with Crippen molar-refractivity contribution in [3.8, 4) is 0 Å². The van der Waals surface area contributed by atoms with Gasteiger partial charge in [-0.2, -0.15) is 0 Å². The van der Waals surface area contributed by atoms with E-state index in [1.807, 2.05) is 13.8 Å². The molecule has 0 aliphatic carbocycles. The van der Waals surface area contributed by atoms with Gasteiger partial charge in [-0.05, 0) is 48.0 Å². The second-order valence-electron chi connectivity index (χ2n) is 4.62. The van der Waals surface area contributed by atoms with Crippen LogP contribution in [0.4, 0.5) is 21.0 Å². The zero-order valence-electron chi connectivity index (χ0n) is 11.4. The molecule has 21 heavy (non-hydrogen) atoms. The van der Waals surface area contributed by atoms with E-state index in [1.54, 1.807) is 0 Å². The van der Waals surface area contributed by atoms with Gasteiger partial charge in [0.25, 0.3) is 5.91 Å². The van der Waals surface area contributed by atoms with Gasteiger partial charge in [0.05, 0.1) is 4.47 Å². The minimum atomic E-state index is -0.395. The lowest BCUT2D eigenvalue weighted by molar-refractivity contribution is 0.103. The highest BCUT2D eigenvalue weighted by Gasteiger charge is 2.17. The molecule has 0 saturated carbocycles. The van der Waals surface area contributed by atoms with Crippen LogP contribution in [0.5, 0.6) is 0 Å². The average Bonchev–Trinajstić information content (AvgIpc) is 2.74. The van der Waals surface area contributed by atoms with Crippen molar-refractivity contribution in [3.05, 3.63) is 33.4 Å². The fourth-order valence-electron chi connectivity index (χ4n) is 1.57. The Morgan fingerprint density at radius 3 is 2.81 bits per heavy atom. The fourth-order valence-corrected chi connectivity index (χ4v) is 2.87. The quantitative estimate of drug-likeness (QED) is 0.764. The van der Waals surface area contributed by atoms with E-state index in [0.29, 0.717) is 15.7 Å². The first-order valence-corrected chi connectivity index (χ1v) is 7.77. The Balaban J connectivity index is 2.16. The lowest BCUT2D eigenvalue weighted by atomic mass is 10.3. The maximum Gasteiger partial charge on any atom is 0.269 e. The number of halogens is 2. The number of rotatable bonds is 4. The van der Waals surface area contributed by atoms with E-state index in [9.17, 15) is 9.18 Å². The standard InChI is InChI=1S/C13H14BrFN4OS/c1-6(2)17-13-19-11(16)10(21-13)12(20)18-7-3-4-9(15)8(14)5-7/h3-6H,16H2,1-2H3,(H,17,19)(H,18,20). The van der Waals surface area contributed by atoms with Gasteiger partial charge in [-0.25, -0.2) is 9.37 Å². The lowest BCUT2D eigenvalue weighted by Crippen LogP contribution is -2.12. The molecule has 0 spiro atoms. The number of thiazole rings is 1. The molecule has 0 radical (unpaired) electrons. The first kappa shape index (κ1) is 15.7. The molecule has 0 bridgehead atoms. The van der Waals surface area contributed by atoms with Crippen molar-refractivity contribution in [1.82, 2.24) is 4.98 Å². The number of benzene rings is 1. The molecule has 0 aliphatic heterocycles. The third kappa shape index (κ3) is 3.92. The number of nitrogens with two attached hydrogens (primary N) is 1. The summed E-state index contributed by atoms with van der Waals surface area (Å²) in [4.78, 5) is 16.6. The van der Waals surface area contributed by atoms with Crippen LogP contribution in [0.3, 0.4) is 0 Å². The summed E-state index contributed by atoms with van der Waals surface area (Å²) in [6.07, 6.45) is 0. The fraction of sp³-hybridized carbons (Fsp3) is 0.231. The first-order chi connectivity index (χ1) is 9.86. The molecule has 1 aromatic carbocycles. The number of anilines is 3. The van der Waals surface area contributed by atoms with Crippen LogP contribution in [0.1, 0.15) is 23.5 Å². The zero-order valence-corrected chi connectivity index (χ0v) is 13.8. The number of carbonyl (C=O) groups is 1. The molecule has 0 aliphatic rings. The maximum atomic E-state index is 13.2. The van der Waals surface area contributed by atoms with Crippen LogP contribution in [0, 0.1) is 5.82 Å². The molecule has 2 rings (SSSR count). The number of nitrogens with one attached hydrogen (secondary N) is 2. The van der Waals surface area contributed by atoms with Gasteiger partial charge in [0.1, 0.15) is 16.5 Å². The highest BCUT2D eigenvalue weighted by Crippen LogP contribution is 2.27. The number of nitrogen functional groups attached to an aromatic ring is 1. The Morgan fingerprint density at radius 2 is 2.19 bits per heavy atom. The second-order valence-corrected chi connectivity index (χ2v) is 6.47. The second kappa shape index (κ2) is 6.40. The number of aromatic nitrogens is 1. The molecule has 1 aromatic heterocycles. The molecule has 0 fully saturated rings. The largest absolute Gasteiger partial charge is 0.382 e. The summed E-state index contributed by atoms with van der Waals surface area (Å²) in [6, 6.07) is 4.42. The summed E-state index contributed by atoms with van der Waals surface area (Å²) >= 11 is 4.24. The SMILES string of the molecule is CC(C)Nc1nc(N)c(C(=O)Nc2ccc(F)c(Br)c2)s1. The van der Waals surface area contributed by atoms with Gasteiger partial charge >= 0.3 is 0 Å². The summed E-state index contributed by atoms with van der Waals surface area (Å²) in [5.41, 5.74) is 6.23. The predicted octanol–water partition coefficient (Wildman–Crippen LogP) is 3.70. The van der Waals surface area contributed by atoms with Crippen LogP contribution < -0.4 is 16.4 Å². The Morgan fingerprint density at radius 1 is 1.48 bits per heavy atom. The van der Waals surface area contributed by atoms with Gasteiger partial charge in [0.2, 0.25) is 0 Å². The molecule has 0 saturated heterocycles. The van der Waals surface area contributed by atoms with Crippen LogP contribution in [0.25, 0.3) is 0 Å². The molecule has 0 unspecified atom stereocenters. The minimum Gasteiger partial charge on any atom is -0.382 e. The average molecular weight is 373 g/mol. The highest BCUT2D eigenvalue weighted by atomic mass is 79.9. The van der Waals surface area contributed by atoms with E-state index in [0.717, 1.165) is 0 Å². The summed E-state index contributed by atoms with van der Waals surface area (Å²) in [5.74, 6) is -0.601. The van der Waals surface area contributed by atoms with Crippen molar-refractivity contribution in [2.24, 2.45) is 0 Å². The van der Waals surface area contributed by atoms with Gasteiger partial charge in [0, 0.05) is 11.7 Å². The van der Waals surface area contributed by atoms with E-state index in [4.69, 9.17) is 5.73 Å². The number of hydrogen-bond donors (Lipinski definition) is 3. The number of nitrogens with zero attached hydrogens (tertiary/aromatic N) is 1. The molecule has 8 heteroatoms. The zero-order chi connectivity index (χ0) is 15.6. The number of hydrogen-bond acceptors (Lipinski definition) is 5. The van der Waals surface area contributed by atoms with Crippen LogP contribution >= 0.6 is 27.3 Å². The molecular formula is C13H14BrFN4OS. The number of amides is 1. The van der Waals surface area contributed by atoms with Gasteiger partial charge in [-0.15, -0.1) is 0 Å². The summed E-state index contributed by atoms with van der Waals surface area (Å²) < 4.78 is 13.4. The van der Waals surface area contributed by atoms with E-state index in [-0.39, 0.29) is 22.2 Å². The molecule has 112 valence electrons. The smallest absolute Gasteiger partial charge is 0.269 e. The maximum absolute atomic E-state index is 13.2. The van der Waals surface area contributed by atoms with E-state index < -0.39 is 5.82 Å². The lowest BCUT2D eigenvalue weighted by Gasteiger charge is -2.05. The Hall–Kier alpha value is -1.67. The molecular weight excluding hydrogens is 359 g/mol. The Bertz CT molecular complexity index is 674. The predicted molar refractivity (Wildman–Crippen MR) is 87.3 cm³/mol. The van der Waals surface area contributed by atoms with Gasteiger partial charge < -0.3 is 16.4 Å². The van der Waals surface area contributed by atoms with E-state index in [1.165, 1.54) is 29.5 Å². The van der Waals surface area contributed by atoms with Crippen LogP contribution in [-0.4, -0.2) is 16.9 Å². The van der Waals surface area contributed by atoms with Gasteiger partial charge in [0.15, 0.2) is 5.13 Å². The highest BCUT2D eigenvalue weighted by molar-refractivity contribution is 9.10. The summed E-state index contributed by atoms with van der Waals surface area (Å²) in [5, 5.41) is 6.34. The van der Waals surface area contributed by atoms with E-state index in [2.05, 4.69) is 31.5 Å². The Kier molecular flexibility index (Phi) is 4.79. The van der Waals surface area contributed by atoms with Crippen molar-refractivity contribution in [2.45, 2.75) is 19.9 Å². The van der Waals surface area contributed by atoms with Gasteiger partial charge in [-0.3, -0.25) is 4.79 Å². The van der Waals surface area contributed by atoms with E-state index >= 15 is 0 Å². The molecule has 5 nitrogen and oxygen atoms in total. The van der Waals surface area contributed by atoms with Crippen molar-refractivity contribution >= 4 is 49.8 Å². The Labute approximate surface area is 133 Å². The van der Waals surface area contributed by atoms with Crippen LogP contribution in [0.2, 0.25) is 0 Å². The van der Waals surface area contributed by atoms with Crippen LogP contribution in [0.15, 0.2) is 22.7 Å². The molecule has 4 N–H and O–H groups in total. The molecule has 0 atom stereocenters. The topological polar surface area (TPSA) is 80.0 Å². The number of carbonyl (C=O) groups excluding carboxylic acids is 1. The monoisotopic (exact) mass is 372 g/mol. The summed E-state index contributed by atoms with van der Waals surface area (Å²) in [6.45, 7) is 3.93. The van der Waals surface area contributed by atoms with Crippen molar-refractivity contribution < 1.29 is 9.18 Å². The third-order valence-corrected chi connectivity index (χ3v) is 4.06. The summed E-state index contributed by atoms with van der Waals surface area (Å²) in [7, 11) is 0. The van der Waals surface area contributed by atoms with Crippen LogP contribution in [-0.2, 0) is 0 Å².